The minimum absolute atomic E-state index is 0.361. The molecule has 2 aromatic rings. The van der Waals surface area contributed by atoms with Crippen molar-refractivity contribution in [3.05, 3.63) is 34.7 Å². The number of ether oxygens (including phenoxy) is 1. The Bertz CT molecular complexity index is 490. The first kappa shape index (κ1) is 7.79. The lowest BCUT2D eigenvalue weighted by Crippen LogP contribution is -2.11. The lowest BCUT2D eigenvalue weighted by molar-refractivity contribution is 0.401. The van der Waals surface area contributed by atoms with E-state index in [2.05, 4.69) is 9.97 Å². The molecule has 0 fully saturated rings. The van der Waals surface area contributed by atoms with E-state index in [1.165, 1.54) is 7.11 Å². The van der Waals surface area contributed by atoms with Crippen LogP contribution in [0, 0.1) is 0 Å². The van der Waals surface area contributed by atoms with Crippen molar-refractivity contribution in [2.75, 3.05) is 7.11 Å². The summed E-state index contributed by atoms with van der Waals surface area (Å²) < 4.78 is 4.98. The third-order valence-corrected chi connectivity index (χ3v) is 1.80. The molecule has 0 bridgehead atoms. The summed E-state index contributed by atoms with van der Waals surface area (Å²) in [7, 11) is 1.49. The van der Waals surface area contributed by atoms with E-state index in [9.17, 15) is 4.79 Å². The third-order valence-electron chi connectivity index (χ3n) is 1.80. The molecule has 0 saturated heterocycles. The number of nitrogens with zero attached hydrogens (tertiary/aromatic N) is 1. The van der Waals surface area contributed by atoms with Crippen LogP contribution < -0.4 is 10.4 Å². The summed E-state index contributed by atoms with van der Waals surface area (Å²) in [5.74, 6) is 0.361. The highest BCUT2D eigenvalue weighted by molar-refractivity contribution is 5.82. The average Bonchev–Trinajstić information content (AvgIpc) is 2.16. The number of hydrogen-bond donors (Lipinski definition) is 1. The molecular weight excluding hydrogens is 168 g/mol. The fourth-order valence-electron chi connectivity index (χ4n) is 1.23. The summed E-state index contributed by atoms with van der Waals surface area (Å²) in [4.78, 5) is 17.3. The third kappa shape index (κ3) is 1.26. The van der Waals surface area contributed by atoms with Gasteiger partial charge in [0, 0.05) is 0 Å². The Balaban J connectivity index is 2.89. The summed E-state index contributed by atoms with van der Waals surface area (Å²) in [6, 6.07) is 7.36. The molecule has 66 valence electrons. The normalized spacial score (nSPS) is 10.2. The summed E-state index contributed by atoms with van der Waals surface area (Å²) in [5.41, 5.74) is 0.343. The van der Waals surface area contributed by atoms with Gasteiger partial charge in [-0.15, -0.1) is 0 Å². The lowest BCUT2D eigenvalue weighted by Gasteiger charge is -2.01. The molecule has 0 atom stereocenters. The molecule has 0 spiro atoms. The van der Waals surface area contributed by atoms with Crippen LogP contribution in [0.3, 0.4) is 0 Å². The maximum atomic E-state index is 11.0. The van der Waals surface area contributed by atoms with E-state index in [4.69, 9.17) is 4.74 Å². The van der Waals surface area contributed by atoms with Crippen molar-refractivity contribution in [2.45, 2.75) is 0 Å². The Kier molecular flexibility index (Phi) is 1.73. The van der Waals surface area contributed by atoms with E-state index in [0.29, 0.717) is 5.88 Å². The number of aromatic nitrogens is 2. The van der Waals surface area contributed by atoms with E-state index in [-0.39, 0.29) is 0 Å². The van der Waals surface area contributed by atoms with Crippen LogP contribution in [0.4, 0.5) is 0 Å². The summed E-state index contributed by atoms with van der Waals surface area (Å²) in [5, 5.41) is 0.810. The molecule has 1 aromatic heterocycles. The molecule has 0 saturated carbocycles. The number of hydrogen-bond acceptors (Lipinski definition) is 3. The average molecular weight is 176 g/mol. The van der Waals surface area contributed by atoms with Gasteiger partial charge in [-0.05, 0) is 12.1 Å². The number of benzene rings is 1. The number of nitrogens with one attached hydrogen (secondary N) is 1. The van der Waals surface area contributed by atoms with Gasteiger partial charge in [0.1, 0.15) is 0 Å². The topological polar surface area (TPSA) is 55.0 Å². The van der Waals surface area contributed by atoms with Gasteiger partial charge in [0.2, 0.25) is 5.88 Å². The Morgan fingerprint density at radius 1 is 1.38 bits per heavy atom. The molecule has 0 aliphatic heterocycles. The first-order valence-corrected chi connectivity index (χ1v) is 3.84. The second kappa shape index (κ2) is 2.90. The molecule has 0 unspecified atom stereocenters. The van der Waals surface area contributed by atoms with Crippen molar-refractivity contribution in [3.63, 3.8) is 0 Å². The lowest BCUT2D eigenvalue weighted by atomic mass is 10.2. The number of methoxy groups -OCH3 is 1. The molecule has 4 heteroatoms. The molecule has 0 aliphatic carbocycles. The van der Waals surface area contributed by atoms with Gasteiger partial charge >= 0.3 is 5.69 Å². The van der Waals surface area contributed by atoms with Crippen LogP contribution >= 0.6 is 0 Å². The monoisotopic (exact) mass is 176 g/mol. The molecule has 0 aliphatic rings. The number of H-pyrrole nitrogens is 1. The van der Waals surface area contributed by atoms with Crippen molar-refractivity contribution in [2.24, 2.45) is 0 Å². The van der Waals surface area contributed by atoms with E-state index in [0.717, 1.165) is 10.9 Å². The van der Waals surface area contributed by atoms with Gasteiger partial charge in [-0.1, -0.05) is 12.1 Å². The fraction of sp³-hybridized carbons (Fsp3) is 0.111. The predicted molar refractivity (Wildman–Crippen MR) is 48.9 cm³/mol. The minimum Gasteiger partial charge on any atom is -0.480 e. The summed E-state index contributed by atoms with van der Waals surface area (Å²) in [6.07, 6.45) is 0. The van der Waals surface area contributed by atoms with Crippen molar-refractivity contribution < 1.29 is 4.74 Å². The van der Waals surface area contributed by atoms with E-state index in [1.54, 1.807) is 6.07 Å². The standard InChI is InChI=1S/C9H8N2O2/c1-13-8-6-4-2-3-5-7(6)10-9(12)11-8/h2-5H,1H3,(H,10,11,12). The minimum atomic E-state index is -0.393. The Labute approximate surface area is 74.2 Å². The highest BCUT2D eigenvalue weighted by Gasteiger charge is 2.02. The molecule has 0 amide bonds. The van der Waals surface area contributed by atoms with Gasteiger partial charge in [0.15, 0.2) is 0 Å². The van der Waals surface area contributed by atoms with Crippen molar-refractivity contribution in [1.82, 2.24) is 9.97 Å². The SMILES string of the molecule is COc1nc(=O)[nH]c2ccccc12. The number of para-hydroxylation sites is 1. The molecule has 1 N–H and O–H groups in total. The van der Waals surface area contributed by atoms with Gasteiger partial charge in [-0.2, -0.15) is 4.98 Å². The van der Waals surface area contributed by atoms with Crippen LogP contribution in [0.15, 0.2) is 29.1 Å². The van der Waals surface area contributed by atoms with E-state index in [1.807, 2.05) is 18.2 Å². The van der Waals surface area contributed by atoms with Crippen LogP contribution in [-0.2, 0) is 0 Å². The Morgan fingerprint density at radius 3 is 2.92 bits per heavy atom. The van der Waals surface area contributed by atoms with Gasteiger partial charge in [0.05, 0.1) is 18.0 Å². The smallest absolute Gasteiger partial charge is 0.348 e. The zero-order chi connectivity index (χ0) is 9.26. The van der Waals surface area contributed by atoms with Crippen LogP contribution in [-0.4, -0.2) is 17.1 Å². The zero-order valence-corrected chi connectivity index (χ0v) is 7.07. The van der Waals surface area contributed by atoms with Crippen LogP contribution in [0.2, 0.25) is 0 Å². The maximum Gasteiger partial charge on any atom is 0.348 e. The molecule has 13 heavy (non-hydrogen) atoms. The summed E-state index contributed by atoms with van der Waals surface area (Å²) in [6.45, 7) is 0. The van der Waals surface area contributed by atoms with E-state index < -0.39 is 5.69 Å². The van der Waals surface area contributed by atoms with Crippen molar-refractivity contribution >= 4 is 10.9 Å². The highest BCUT2D eigenvalue weighted by Crippen LogP contribution is 2.18. The Morgan fingerprint density at radius 2 is 2.15 bits per heavy atom. The largest absolute Gasteiger partial charge is 0.480 e. The van der Waals surface area contributed by atoms with Gasteiger partial charge in [-0.3, -0.25) is 0 Å². The van der Waals surface area contributed by atoms with Gasteiger partial charge in [-0.25, -0.2) is 4.79 Å². The summed E-state index contributed by atoms with van der Waals surface area (Å²) >= 11 is 0. The van der Waals surface area contributed by atoms with E-state index >= 15 is 0 Å². The zero-order valence-electron chi connectivity index (χ0n) is 7.07. The second-order valence-electron chi connectivity index (χ2n) is 2.60. The van der Waals surface area contributed by atoms with Crippen LogP contribution in [0.5, 0.6) is 5.88 Å². The Hall–Kier alpha value is -1.84. The van der Waals surface area contributed by atoms with Crippen LogP contribution in [0.1, 0.15) is 0 Å². The van der Waals surface area contributed by atoms with Crippen molar-refractivity contribution in [3.8, 4) is 5.88 Å². The van der Waals surface area contributed by atoms with Gasteiger partial charge in [0.25, 0.3) is 0 Å². The van der Waals surface area contributed by atoms with Gasteiger partial charge < -0.3 is 9.72 Å². The predicted octanol–water partition coefficient (Wildman–Crippen LogP) is 0.932. The molecule has 2 rings (SSSR count). The van der Waals surface area contributed by atoms with Crippen LogP contribution in [0.25, 0.3) is 10.9 Å². The fourth-order valence-corrected chi connectivity index (χ4v) is 1.23. The maximum absolute atomic E-state index is 11.0. The molecule has 1 heterocycles. The molecule has 4 nitrogen and oxygen atoms in total. The first-order valence-electron chi connectivity index (χ1n) is 3.84. The number of aromatic amines is 1. The molecular formula is C9H8N2O2. The highest BCUT2D eigenvalue weighted by atomic mass is 16.5. The molecule has 1 aromatic carbocycles. The number of rotatable bonds is 1. The number of fused-ring (bicyclic) bond motifs is 1. The second-order valence-corrected chi connectivity index (χ2v) is 2.60. The van der Waals surface area contributed by atoms with Crippen molar-refractivity contribution in [1.29, 1.82) is 0 Å². The quantitative estimate of drug-likeness (QED) is 0.703. The first-order chi connectivity index (χ1) is 6.31. The molecule has 0 radical (unpaired) electrons.